The molecule has 43 heavy (non-hydrogen) atoms. The Bertz CT molecular complexity index is 1580. The number of fused-ring (bicyclic) bond motifs is 2. The predicted octanol–water partition coefficient (Wildman–Crippen LogP) is 10.1. The Labute approximate surface area is 260 Å². The van der Waals surface area contributed by atoms with Crippen LogP contribution in [0.4, 0.5) is 11.4 Å². The Morgan fingerprint density at radius 1 is 0.674 bits per heavy atom. The first-order valence-corrected chi connectivity index (χ1v) is 15.2. The van der Waals surface area contributed by atoms with Crippen LogP contribution in [-0.2, 0) is 9.59 Å². The predicted molar refractivity (Wildman–Crippen MR) is 169 cm³/mol. The molecule has 0 bridgehead atoms. The number of azo groups is 2. The molecule has 0 fully saturated rings. The molecule has 2 aromatic carbocycles. The van der Waals surface area contributed by atoms with Crippen molar-refractivity contribution in [1.82, 2.24) is 9.13 Å². The van der Waals surface area contributed by atoms with Crippen molar-refractivity contribution in [3.05, 3.63) is 46.4 Å². The van der Waals surface area contributed by atoms with Crippen LogP contribution in [0.5, 0.6) is 11.8 Å². The van der Waals surface area contributed by atoms with Crippen molar-refractivity contribution in [3.63, 3.8) is 0 Å². The molecule has 228 valence electrons. The lowest BCUT2D eigenvalue weighted by Crippen LogP contribution is -1.98. The molecule has 0 radical (unpaired) electrons. The van der Waals surface area contributed by atoms with E-state index in [2.05, 4.69) is 20.5 Å². The van der Waals surface area contributed by atoms with Gasteiger partial charge in [-0.1, -0.05) is 42.5 Å². The number of rotatable bonds is 12. The van der Waals surface area contributed by atoms with Crippen molar-refractivity contribution in [1.29, 1.82) is 0 Å². The van der Waals surface area contributed by atoms with E-state index in [0.717, 1.165) is 30.3 Å². The number of aromatic nitrogens is 2. The zero-order valence-electron chi connectivity index (χ0n) is 24.7. The number of amides is 2. The van der Waals surface area contributed by atoms with Crippen LogP contribution < -0.4 is 0 Å². The van der Waals surface area contributed by atoms with E-state index in [9.17, 15) is 19.8 Å². The van der Waals surface area contributed by atoms with E-state index in [0.29, 0.717) is 33.7 Å². The molecule has 0 aliphatic heterocycles. The van der Waals surface area contributed by atoms with Gasteiger partial charge in [0, 0.05) is 45.7 Å². The molecule has 0 saturated carbocycles. The lowest BCUT2D eigenvalue weighted by molar-refractivity contribution is -0.119. The molecule has 0 spiro atoms. The van der Waals surface area contributed by atoms with Crippen LogP contribution in [0.15, 0.2) is 56.9 Å². The zero-order chi connectivity index (χ0) is 31.3. The molecule has 0 unspecified atom stereocenters. The highest BCUT2D eigenvalue weighted by Gasteiger charge is 2.20. The van der Waals surface area contributed by atoms with Gasteiger partial charge in [0.25, 0.3) is 11.8 Å². The van der Waals surface area contributed by atoms with Crippen LogP contribution in [0, 0.1) is 0 Å². The second kappa shape index (κ2) is 14.1. The fourth-order valence-corrected chi connectivity index (χ4v) is 5.49. The summed E-state index contributed by atoms with van der Waals surface area (Å²) in [5, 5.41) is 39.5. The minimum Gasteiger partial charge on any atom is -0.493 e. The summed E-state index contributed by atoms with van der Waals surface area (Å²) in [5.74, 6) is -0.848. The number of halogens is 2. The van der Waals surface area contributed by atoms with Crippen LogP contribution in [0.25, 0.3) is 21.8 Å². The Morgan fingerprint density at radius 3 is 1.42 bits per heavy atom. The summed E-state index contributed by atoms with van der Waals surface area (Å²) in [4.78, 5) is 24.7. The van der Waals surface area contributed by atoms with Crippen LogP contribution in [0.1, 0.15) is 84.7 Å². The Hall–Kier alpha value is -3.76. The molecule has 0 atom stereocenters. The van der Waals surface area contributed by atoms with Crippen molar-refractivity contribution >= 4 is 68.2 Å². The topological polar surface area (TPSA) is 134 Å². The molecule has 2 N–H and O–H groups in total. The molecule has 0 aliphatic rings. The van der Waals surface area contributed by atoms with Gasteiger partial charge in [-0.25, -0.2) is 0 Å². The highest BCUT2D eigenvalue weighted by Crippen LogP contribution is 2.43. The fraction of sp³-hybridized carbons (Fsp3) is 0.419. The van der Waals surface area contributed by atoms with Gasteiger partial charge in [-0.05, 0) is 76.9 Å². The Kier molecular flexibility index (Phi) is 10.6. The summed E-state index contributed by atoms with van der Waals surface area (Å²) in [6.07, 6.45) is 4.19. The van der Waals surface area contributed by atoms with Crippen molar-refractivity contribution in [2.45, 2.75) is 84.7 Å². The maximum absolute atomic E-state index is 12.3. The summed E-state index contributed by atoms with van der Waals surface area (Å²) < 4.78 is 3.45. The fourth-order valence-electron chi connectivity index (χ4n) is 5.15. The molecule has 2 amide bonds. The van der Waals surface area contributed by atoms with Crippen LogP contribution in [0.2, 0.25) is 10.0 Å². The number of hydrogen-bond acceptors (Lipinski definition) is 6. The molecular formula is C31H36Cl2N6O4. The van der Waals surface area contributed by atoms with Gasteiger partial charge in [-0.15, -0.1) is 20.5 Å². The SMILES string of the molecule is CC(C)n1c(O)c(N=NC(=O)CCCCCCCC(=O)N=Nc2c(O)n(C(C)C)c3ccc(Cl)cc23)c2cc(Cl)ccc21. The highest BCUT2D eigenvalue weighted by atomic mass is 35.5. The summed E-state index contributed by atoms with van der Waals surface area (Å²) in [5.41, 5.74) is 1.98. The molecule has 4 aromatic rings. The van der Waals surface area contributed by atoms with Gasteiger partial charge in [0.2, 0.25) is 11.8 Å². The monoisotopic (exact) mass is 626 g/mol. The van der Waals surface area contributed by atoms with E-state index in [1.165, 1.54) is 0 Å². The van der Waals surface area contributed by atoms with Gasteiger partial charge < -0.3 is 19.3 Å². The first kappa shape index (κ1) is 32.2. The number of carbonyl (C=O) groups excluding carboxylic acids is 2. The minimum absolute atomic E-state index is 0.0208. The largest absolute Gasteiger partial charge is 0.493 e. The van der Waals surface area contributed by atoms with E-state index in [4.69, 9.17) is 23.2 Å². The lowest BCUT2D eigenvalue weighted by atomic mass is 10.1. The summed E-state index contributed by atoms with van der Waals surface area (Å²) >= 11 is 12.3. The Morgan fingerprint density at radius 2 is 1.05 bits per heavy atom. The summed E-state index contributed by atoms with van der Waals surface area (Å²) in [6, 6.07) is 10.5. The Balaban J connectivity index is 1.22. The second-order valence-corrected chi connectivity index (χ2v) is 11.9. The van der Waals surface area contributed by atoms with E-state index in [1.54, 1.807) is 33.4 Å². The third kappa shape index (κ3) is 7.43. The second-order valence-electron chi connectivity index (χ2n) is 11.1. The van der Waals surface area contributed by atoms with E-state index >= 15 is 0 Å². The number of aromatic hydroxyl groups is 2. The van der Waals surface area contributed by atoms with Crippen molar-refractivity contribution in [2.75, 3.05) is 0 Å². The molecule has 2 heterocycles. The smallest absolute Gasteiger partial charge is 0.264 e. The number of hydrogen-bond donors (Lipinski definition) is 2. The van der Waals surface area contributed by atoms with Crippen LogP contribution in [-0.4, -0.2) is 31.2 Å². The van der Waals surface area contributed by atoms with Gasteiger partial charge in [0.1, 0.15) is 0 Å². The molecule has 0 aliphatic carbocycles. The van der Waals surface area contributed by atoms with E-state index in [1.807, 2.05) is 39.8 Å². The van der Waals surface area contributed by atoms with Crippen molar-refractivity contribution < 1.29 is 19.8 Å². The van der Waals surface area contributed by atoms with Gasteiger partial charge >= 0.3 is 0 Å². The number of carbonyl (C=O) groups is 2. The number of unbranched alkanes of at least 4 members (excludes halogenated alkanes) is 4. The maximum Gasteiger partial charge on any atom is 0.264 e. The normalized spacial score (nSPS) is 12.3. The highest BCUT2D eigenvalue weighted by molar-refractivity contribution is 6.32. The van der Waals surface area contributed by atoms with Crippen LogP contribution >= 0.6 is 23.2 Å². The molecule has 2 aromatic heterocycles. The maximum atomic E-state index is 12.3. The average molecular weight is 628 g/mol. The average Bonchev–Trinajstić information content (AvgIpc) is 3.38. The zero-order valence-corrected chi connectivity index (χ0v) is 26.2. The van der Waals surface area contributed by atoms with Crippen molar-refractivity contribution in [2.24, 2.45) is 20.5 Å². The molecular weight excluding hydrogens is 591 g/mol. The molecule has 12 heteroatoms. The van der Waals surface area contributed by atoms with E-state index < -0.39 is 0 Å². The molecule has 10 nitrogen and oxygen atoms in total. The standard InChI is InChI=1S/C31H36Cl2N6O4/c1-18(2)38-24-14-12-20(32)16-22(24)28(30(38)42)36-34-26(40)10-8-6-5-7-9-11-27(41)35-37-29-23-17-21(33)13-15-25(23)39(19(3)4)31(29)43/h12-19,42-43H,5-11H2,1-4H3. The summed E-state index contributed by atoms with van der Waals surface area (Å²) in [7, 11) is 0. The van der Waals surface area contributed by atoms with Gasteiger partial charge in [-0.2, -0.15) is 0 Å². The molecule has 0 saturated heterocycles. The first-order valence-electron chi connectivity index (χ1n) is 14.4. The third-order valence-electron chi connectivity index (χ3n) is 7.16. The number of nitrogens with zero attached hydrogens (tertiary/aromatic N) is 6. The minimum atomic E-state index is -0.370. The lowest BCUT2D eigenvalue weighted by Gasteiger charge is -2.10. The first-order chi connectivity index (χ1) is 20.5. The third-order valence-corrected chi connectivity index (χ3v) is 7.63. The van der Waals surface area contributed by atoms with Crippen LogP contribution in [0.3, 0.4) is 0 Å². The van der Waals surface area contributed by atoms with E-state index in [-0.39, 0.29) is 59.9 Å². The quantitative estimate of drug-likeness (QED) is 0.119. The van der Waals surface area contributed by atoms with Gasteiger partial charge in [0.05, 0.1) is 11.0 Å². The number of benzene rings is 2. The summed E-state index contributed by atoms with van der Waals surface area (Å²) in [6.45, 7) is 7.76. The molecule has 4 rings (SSSR count). The van der Waals surface area contributed by atoms with Gasteiger partial charge in [0.15, 0.2) is 11.4 Å². The van der Waals surface area contributed by atoms with Crippen molar-refractivity contribution in [3.8, 4) is 11.8 Å². The van der Waals surface area contributed by atoms with Gasteiger partial charge in [-0.3, -0.25) is 9.59 Å².